The Balaban J connectivity index is 2.29. The van der Waals surface area contributed by atoms with Crippen LogP contribution in [0.5, 0.6) is 0 Å². The van der Waals surface area contributed by atoms with Crippen LogP contribution in [0.2, 0.25) is 0 Å². The van der Waals surface area contributed by atoms with E-state index in [1.807, 2.05) is 23.9 Å². The van der Waals surface area contributed by atoms with Gasteiger partial charge in [-0.2, -0.15) is 5.10 Å². The van der Waals surface area contributed by atoms with Crippen molar-refractivity contribution in [2.24, 2.45) is 0 Å². The predicted octanol–water partition coefficient (Wildman–Crippen LogP) is 1.20. The first-order valence-corrected chi connectivity index (χ1v) is 5.08. The first-order valence-electron chi connectivity index (χ1n) is 5.08. The monoisotopic (exact) mass is 209 g/mol. The zero-order valence-electron chi connectivity index (χ0n) is 9.49. The number of nitrogens with zero attached hydrogens (tertiary/aromatic N) is 2. The second-order valence-electron chi connectivity index (χ2n) is 3.63. The molecule has 0 saturated heterocycles. The minimum absolute atomic E-state index is 0.729. The zero-order chi connectivity index (χ0) is 11.1. The Bertz CT molecular complexity index is 307. The maximum Gasteiger partial charge on any atom is 0.0762 e. The van der Waals surface area contributed by atoms with E-state index in [-0.39, 0.29) is 0 Å². The van der Waals surface area contributed by atoms with Gasteiger partial charge in [0.05, 0.1) is 18.8 Å². The molecule has 0 atom stereocenters. The SMILES string of the molecule is C=C(C)Cn1ccc(CNCCOC)n1. The molecule has 1 aromatic heterocycles. The molecular weight excluding hydrogens is 190 g/mol. The number of methoxy groups -OCH3 is 1. The van der Waals surface area contributed by atoms with Crippen molar-refractivity contribution in [3.63, 3.8) is 0 Å². The molecule has 4 heteroatoms. The van der Waals surface area contributed by atoms with E-state index in [0.717, 1.165) is 37.5 Å². The van der Waals surface area contributed by atoms with Gasteiger partial charge in [-0.1, -0.05) is 12.2 Å². The summed E-state index contributed by atoms with van der Waals surface area (Å²) >= 11 is 0. The predicted molar refractivity (Wildman–Crippen MR) is 60.6 cm³/mol. The fourth-order valence-electron chi connectivity index (χ4n) is 1.25. The van der Waals surface area contributed by atoms with E-state index in [2.05, 4.69) is 17.0 Å². The van der Waals surface area contributed by atoms with Crippen LogP contribution in [0.3, 0.4) is 0 Å². The molecule has 84 valence electrons. The number of hydrogen-bond acceptors (Lipinski definition) is 3. The molecule has 15 heavy (non-hydrogen) atoms. The molecule has 0 saturated carbocycles. The lowest BCUT2D eigenvalue weighted by molar-refractivity contribution is 0.199. The Hall–Kier alpha value is -1.13. The van der Waals surface area contributed by atoms with Gasteiger partial charge in [0.15, 0.2) is 0 Å². The van der Waals surface area contributed by atoms with Gasteiger partial charge in [0.1, 0.15) is 0 Å². The summed E-state index contributed by atoms with van der Waals surface area (Å²) in [5.41, 5.74) is 2.16. The Kier molecular flexibility index (Phi) is 5.07. The molecule has 0 aliphatic heterocycles. The first-order chi connectivity index (χ1) is 7.22. The molecule has 0 fully saturated rings. The topological polar surface area (TPSA) is 39.1 Å². The highest BCUT2D eigenvalue weighted by atomic mass is 16.5. The van der Waals surface area contributed by atoms with Crippen molar-refractivity contribution < 1.29 is 4.74 Å². The van der Waals surface area contributed by atoms with E-state index >= 15 is 0 Å². The smallest absolute Gasteiger partial charge is 0.0762 e. The van der Waals surface area contributed by atoms with Crippen LogP contribution in [0, 0.1) is 0 Å². The standard InChI is InChI=1S/C11H19N3O/c1-10(2)9-14-6-4-11(13-14)8-12-5-7-15-3/h4,6,12H,1,5,7-9H2,2-3H3. The lowest BCUT2D eigenvalue weighted by atomic mass is 10.4. The highest BCUT2D eigenvalue weighted by Gasteiger charge is 1.98. The maximum absolute atomic E-state index is 4.94. The Morgan fingerprint density at radius 3 is 3.13 bits per heavy atom. The number of allylic oxidation sites excluding steroid dienone is 1. The van der Waals surface area contributed by atoms with Crippen molar-refractivity contribution in [3.05, 3.63) is 30.1 Å². The van der Waals surface area contributed by atoms with Crippen LogP contribution in [0.25, 0.3) is 0 Å². The molecule has 0 amide bonds. The molecule has 0 aliphatic rings. The third kappa shape index (κ3) is 4.76. The van der Waals surface area contributed by atoms with Crippen molar-refractivity contribution in [1.82, 2.24) is 15.1 Å². The van der Waals surface area contributed by atoms with E-state index in [4.69, 9.17) is 4.74 Å². The molecule has 0 aromatic carbocycles. The second kappa shape index (κ2) is 6.37. The van der Waals surface area contributed by atoms with Crippen LogP contribution < -0.4 is 5.32 Å². The van der Waals surface area contributed by atoms with Crippen LogP contribution in [0.4, 0.5) is 0 Å². The number of ether oxygens (including phenoxy) is 1. The van der Waals surface area contributed by atoms with Gasteiger partial charge in [0.2, 0.25) is 0 Å². The molecule has 0 bridgehead atoms. The van der Waals surface area contributed by atoms with Gasteiger partial charge in [0, 0.05) is 26.4 Å². The summed E-state index contributed by atoms with van der Waals surface area (Å²) in [5.74, 6) is 0. The molecule has 0 aliphatic carbocycles. The van der Waals surface area contributed by atoms with E-state index < -0.39 is 0 Å². The summed E-state index contributed by atoms with van der Waals surface area (Å²) in [6, 6.07) is 2.02. The summed E-state index contributed by atoms with van der Waals surface area (Å²) in [7, 11) is 1.70. The van der Waals surface area contributed by atoms with Gasteiger partial charge < -0.3 is 10.1 Å². The van der Waals surface area contributed by atoms with Crippen molar-refractivity contribution >= 4 is 0 Å². The highest BCUT2D eigenvalue weighted by Crippen LogP contribution is 1.98. The molecule has 1 aromatic rings. The van der Waals surface area contributed by atoms with Crippen LogP contribution in [-0.2, 0) is 17.8 Å². The second-order valence-corrected chi connectivity index (χ2v) is 3.63. The number of aromatic nitrogens is 2. The van der Waals surface area contributed by atoms with Crippen molar-refractivity contribution in [2.45, 2.75) is 20.0 Å². The maximum atomic E-state index is 4.94. The molecule has 1 rings (SSSR count). The summed E-state index contributed by atoms with van der Waals surface area (Å²) in [5, 5.41) is 7.65. The minimum atomic E-state index is 0.729. The largest absolute Gasteiger partial charge is 0.383 e. The van der Waals surface area contributed by atoms with Gasteiger partial charge in [-0.25, -0.2) is 0 Å². The Labute approximate surface area is 90.9 Å². The summed E-state index contributed by atoms with van der Waals surface area (Å²) in [6.07, 6.45) is 1.97. The van der Waals surface area contributed by atoms with Gasteiger partial charge in [-0.05, 0) is 13.0 Å². The third-order valence-electron chi connectivity index (χ3n) is 1.92. The average Bonchev–Trinajstić information content (AvgIpc) is 2.59. The summed E-state index contributed by atoms with van der Waals surface area (Å²) in [6.45, 7) is 9.01. The quantitative estimate of drug-likeness (QED) is 0.541. The normalized spacial score (nSPS) is 10.5. The molecular formula is C11H19N3O. The van der Waals surface area contributed by atoms with Gasteiger partial charge in [0.25, 0.3) is 0 Å². The first kappa shape index (κ1) is 11.9. The zero-order valence-corrected chi connectivity index (χ0v) is 9.49. The van der Waals surface area contributed by atoms with Gasteiger partial charge in [-0.15, -0.1) is 0 Å². The van der Waals surface area contributed by atoms with Crippen LogP contribution in [-0.4, -0.2) is 30.0 Å². The van der Waals surface area contributed by atoms with Gasteiger partial charge in [-0.3, -0.25) is 4.68 Å². The fourth-order valence-corrected chi connectivity index (χ4v) is 1.25. The molecule has 1 N–H and O–H groups in total. The highest BCUT2D eigenvalue weighted by molar-refractivity contribution is 5.00. The van der Waals surface area contributed by atoms with Crippen LogP contribution in [0.15, 0.2) is 24.4 Å². The van der Waals surface area contributed by atoms with Crippen molar-refractivity contribution in [2.75, 3.05) is 20.3 Å². The molecule has 0 unspecified atom stereocenters. The Morgan fingerprint density at radius 2 is 2.47 bits per heavy atom. The lowest BCUT2D eigenvalue weighted by Gasteiger charge is -2.01. The number of rotatable bonds is 7. The van der Waals surface area contributed by atoms with E-state index in [1.54, 1.807) is 7.11 Å². The lowest BCUT2D eigenvalue weighted by Crippen LogP contribution is -2.19. The molecule has 0 radical (unpaired) electrons. The van der Waals surface area contributed by atoms with E-state index in [1.165, 1.54) is 0 Å². The fraction of sp³-hybridized carbons (Fsp3) is 0.545. The molecule has 0 spiro atoms. The van der Waals surface area contributed by atoms with Crippen LogP contribution in [0.1, 0.15) is 12.6 Å². The van der Waals surface area contributed by atoms with E-state index in [0.29, 0.717) is 0 Å². The third-order valence-corrected chi connectivity index (χ3v) is 1.92. The molecule has 1 heterocycles. The Morgan fingerprint density at radius 1 is 1.67 bits per heavy atom. The summed E-state index contributed by atoms with van der Waals surface area (Å²) < 4.78 is 6.84. The average molecular weight is 209 g/mol. The number of hydrogen-bond donors (Lipinski definition) is 1. The molecule has 4 nitrogen and oxygen atoms in total. The summed E-state index contributed by atoms with van der Waals surface area (Å²) in [4.78, 5) is 0. The van der Waals surface area contributed by atoms with Crippen molar-refractivity contribution in [3.8, 4) is 0 Å². The van der Waals surface area contributed by atoms with Crippen molar-refractivity contribution in [1.29, 1.82) is 0 Å². The van der Waals surface area contributed by atoms with Gasteiger partial charge >= 0.3 is 0 Å². The minimum Gasteiger partial charge on any atom is -0.383 e. The number of nitrogens with one attached hydrogen (secondary N) is 1. The van der Waals surface area contributed by atoms with E-state index in [9.17, 15) is 0 Å². The van der Waals surface area contributed by atoms with Crippen LogP contribution >= 0.6 is 0 Å².